The van der Waals surface area contributed by atoms with Gasteiger partial charge in [0, 0.05) is 6.42 Å². The molecule has 7 unspecified atom stereocenters. The van der Waals surface area contributed by atoms with Crippen LogP contribution in [-0.4, -0.2) is 87.5 Å². The zero-order valence-electron chi connectivity index (χ0n) is 54.0. The zero-order chi connectivity index (χ0) is 59.3. The van der Waals surface area contributed by atoms with Crippen LogP contribution in [0.25, 0.3) is 0 Å². The molecular weight excluding hydrogens is 1020 g/mol. The maximum absolute atomic E-state index is 13.1. The first-order chi connectivity index (χ1) is 40.3. The molecule has 0 aromatic heterocycles. The van der Waals surface area contributed by atoms with Gasteiger partial charge in [0.25, 0.3) is 0 Å². The van der Waals surface area contributed by atoms with Gasteiger partial charge in [-0.1, -0.05) is 326 Å². The fourth-order valence-corrected chi connectivity index (χ4v) is 11.5. The van der Waals surface area contributed by atoms with Gasteiger partial charge in [0.2, 0.25) is 5.91 Å². The number of carbonyl (C=O) groups is 1. The topological polar surface area (TPSA) is 149 Å². The molecule has 9 nitrogen and oxygen atoms in total. The number of carbonyl (C=O) groups excluding carboxylic acids is 1. The molecule has 7 atom stereocenters. The molecule has 0 saturated carbocycles. The summed E-state index contributed by atoms with van der Waals surface area (Å²) < 4.78 is 11.3. The molecule has 1 aliphatic rings. The number of rotatable bonds is 63. The number of aliphatic hydroxyl groups is 5. The van der Waals surface area contributed by atoms with Crippen molar-refractivity contribution in [3.63, 3.8) is 0 Å². The lowest BCUT2D eigenvalue weighted by Gasteiger charge is -2.40. The molecule has 0 bridgehead atoms. The van der Waals surface area contributed by atoms with Gasteiger partial charge in [-0.15, -0.1) is 0 Å². The third kappa shape index (κ3) is 50.3. The summed E-state index contributed by atoms with van der Waals surface area (Å²) in [6.07, 6.45) is 78.2. The number of ether oxygens (including phenoxy) is 2. The summed E-state index contributed by atoms with van der Waals surface area (Å²) in [5, 5.41) is 54.7. The van der Waals surface area contributed by atoms with Gasteiger partial charge >= 0.3 is 0 Å². The van der Waals surface area contributed by atoms with Crippen molar-refractivity contribution in [1.29, 1.82) is 0 Å². The maximum Gasteiger partial charge on any atom is 0.220 e. The number of aliphatic hydroxyl groups excluding tert-OH is 5. The standard InChI is InChI=1S/C73H137NO8/c1-3-5-7-9-11-13-15-17-19-21-23-25-26-27-28-29-30-31-32-33-34-35-36-37-38-39-40-41-42-43-45-47-49-51-53-55-57-59-61-63-69(77)74-66(65-81-73-72(80)71(79)70(78)68(64-75)82-73)67(76)62-60-58-56-54-52-50-48-46-44-24-22-20-18-16-14-12-10-8-6-4-2/h33-34,44,46,52,54,60,62,66-68,70-73,75-76,78-80H,3-32,35-43,45,47-51,53,55-59,61,63-65H2,1-2H3,(H,74,77)/b34-33-,46-44+,54-52+,62-60+. The van der Waals surface area contributed by atoms with Gasteiger partial charge in [0.1, 0.15) is 24.4 Å². The van der Waals surface area contributed by atoms with Crippen molar-refractivity contribution in [2.24, 2.45) is 0 Å². The molecule has 9 heteroatoms. The Morgan fingerprint density at radius 1 is 0.402 bits per heavy atom. The molecule has 1 heterocycles. The predicted molar refractivity (Wildman–Crippen MR) is 350 cm³/mol. The molecule has 0 aromatic carbocycles. The van der Waals surface area contributed by atoms with E-state index in [9.17, 15) is 30.3 Å². The minimum Gasteiger partial charge on any atom is -0.394 e. The van der Waals surface area contributed by atoms with Crippen LogP contribution in [0.15, 0.2) is 48.6 Å². The zero-order valence-corrected chi connectivity index (χ0v) is 54.0. The SMILES string of the molecule is CCCCCCCCCCCC/C=C/CC/C=C/CC/C=C/C(O)C(COC1OC(CO)C(O)C(O)C1O)NC(=O)CCCCCCCCCCCCCCCCCCC/C=C\CCCCCCCCCCCCCCCCCCCC. The maximum atomic E-state index is 13.1. The first-order valence-corrected chi connectivity index (χ1v) is 35.9. The molecule has 6 N–H and O–H groups in total. The highest BCUT2D eigenvalue weighted by molar-refractivity contribution is 5.76. The summed E-state index contributed by atoms with van der Waals surface area (Å²) >= 11 is 0. The van der Waals surface area contributed by atoms with Crippen molar-refractivity contribution in [1.82, 2.24) is 5.32 Å². The van der Waals surface area contributed by atoms with Gasteiger partial charge in [-0.25, -0.2) is 0 Å². The lowest BCUT2D eigenvalue weighted by Crippen LogP contribution is -2.60. The number of unbranched alkanes of at least 4 members (excludes halogenated alkanes) is 47. The van der Waals surface area contributed by atoms with Crippen LogP contribution in [0.1, 0.15) is 354 Å². The Balaban J connectivity index is 2.08. The molecule has 1 amide bonds. The molecule has 482 valence electrons. The summed E-state index contributed by atoms with van der Waals surface area (Å²) in [7, 11) is 0. The van der Waals surface area contributed by atoms with Crippen LogP contribution in [0.2, 0.25) is 0 Å². The van der Waals surface area contributed by atoms with Gasteiger partial charge in [0.05, 0.1) is 25.4 Å². The largest absolute Gasteiger partial charge is 0.394 e. The third-order valence-electron chi connectivity index (χ3n) is 17.1. The first-order valence-electron chi connectivity index (χ1n) is 35.9. The Morgan fingerprint density at radius 2 is 0.695 bits per heavy atom. The molecule has 1 rings (SSSR count). The van der Waals surface area contributed by atoms with Gasteiger partial charge in [0.15, 0.2) is 6.29 Å². The monoisotopic (exact) mass is 1160 g/mol. The average Bonchev–Trinajstić information content (AvgIpc) is 3.57. The van der Waals surface area contributed by atoms with Crippen molar-refractivity contribution in [3.05, 3.63) is 48.6 Å². The predicted octanol–water partition coefficient (Wildman–Crippen LogP) is 19.6. The Kier molecular flexibility index (Phi) is 59.3. The second-order valence-electron chi connectivity index (χ2n) is 25.0. The fraction of sp³-hybridized carbons (Fsp3) is 0.877. The molecule has 0 aromatic rings. The van der Waals surface area contributed by atoms with Crippen molar-refractivity contribution >= 4 is 5.91 Å². The first kappa shape index (κ1) is 78.2. The van der Waals surface area contributed by atoms with Crippen LogP contribution in [0.5, 0.6) is 0 Å². The molecule has 1 fully saturated rings. The highest BCUT2D eigenvalue weighted by Gasteiger charge is 2.44. The van der Waals surface area contributed by atoms with E-state index in [4.69, 9.17) is 9.47 Å². The van der Waals surface area contributed by atoms with E-state index < -0.39 is 49.5 Å². The van der Waals surface area contributed by atoms with E-state index in [0.29, 0.717) is 6.42 Å². The Labute approximate surface area is 507 Å². The quantitative estimate of drug-likeness (QED) is 0.0261. The highest BCUT2D eigenvalue weighted by Crippen LogP contribution is 2.23. The Hall–Kier alpha value is -1.85. The number of allylic oxidation sites excluding steroid dienone is 7. The minimum atomic E-state index is -1.58. The van der Waals surface area contributed by atoms with E-state index in [0.717, 1.165) is 44.9 Å². The van der Waals surface area contributed by atoms with Gasteiger partial charge in [-0.05, 0) is 70.6 Å². The highest BCUT2D eigenvalue weighted by atomic mass is 16.7. The van der Waals surface area contributed by atoms with E-state index in [1.165, 1.54) is 289 Å². The van der Waals surface area contributed by atoms with Crippen LogP contribution in [0, 0.1) is 0 Å². The number of hydrogen-bond donors (Lipinski definition) is 6. The second kappa shape index (κ2) is 62.2. The Bertz CT molecular complexity index is 1430. The van der Waals surface area contributed by atoms with Crippen LogP contribution < -0.4 is 5.32 Å². The van der Waals surface area contributed by atoms with E-state index in [1.54, 1.807) is 6.08 Å². The summed E-state index contributed by atoms with van der Waals surface area (Å²) in [5.41, 5.74) is 0. The van der Waals surface area contributed by atoms with Crippen LogP contribution in [0.3, 0.4) is 0 Å². The fourth-order valence-electron chi connectivity index (χ4n) is 11.5. The number of hydrogen-bond acceptors (Lipinski definition) is 8. The van der Waals surface area contributed by atoms with Crippen LogP contribution in [-0.2, 0) is 14.3 Å². The third-order valence-corrected chi connectivity index (χ3v) is 17.1. The van der Waals surface area contributed by atoms with Gasteiger partial charge in [-0.2, -0.15) is 0 Å². The van der Waals surface area contributed by atoms with Crippen molar-refractivity contribution < 1.29 is 39.8 Å². The average molecular weight is 1160 g/mol. The molecule has 0 aliphatic carbocycles. The lowest BCUT2D eigenvalue weighted by atomic mass is 9.99. The van der Waals surface area contributed by atoms with E-state index >= 15 is 0 Å². The molecule has 1 aliphatic heterocycles. The molecule has 0 radical (unpaired) electrons. The van der Waals surface area contributed by atoms with Crippen LogP contribution >= 0.6 is 0 Å². The second-order valence-corrected chi connectivity index (χ2v) is 25.0. The van der Waals surface area contributed by atoms with Gasteiger partial charge < -0.3 is 40.3 Å². The summed E-state index contributed by atoms with van der Waals surface area (Å²) in [6.45, 7) is 3.80. The van der Waals surface area contributed by atoms with E-state index in [2.05, 4.69) is 55.6 Å². The van der Waals surface area contributed by atoms with Crippen molar-refractivity contribution in [2.45, 2.75) is 397 Å². The molecular formula is C73H137NO8. The smallest absolute Gasteiger partial charge is 0.220 e. The Morgan fingerprint density at radius 3 is 1.02 bits per heavy atom. The molecule has 82 heavy (non-hydrogen) atoms. The number of amides is 1. The molecule has 1 saturated heterocycles. The van der Waals surface area contributed by atoms with Crippen molar-refractivity contribution in [2.75, 3.05) is 13.2 Å². The van der Waals surface area contributed by atoms with Crippen LogP contribution in [0.4, 0.5) is 0 Å². The summed E-state index contributed by atoms with van der Waals surface area (Å²) in [5.74, 6) is -0.186. The lowest BCUT2D eigenvalue weighted by molar-refractivity contribution is -0.302. The summed E-state index contributed by atoms with van der Waals surface area (Å²) in [6, 6.07) is -0.829. The van der Waals surface area contributed by atoms with Crippen molar-refractivity contribution in [3.8, 4) is 0 Å². The van der Waals surface area contributed by atoms with E-state index in [-0.39, 0.29) is 12.5 Å². The van der Waals surface area contributed by atoms with Gasteiger partial charge in [-0.3, -0.25) is 4.79 Å². The summed E-state index contributed by atoms with van der Waals surface area (Å²) in [4.78, 5) is 13.1. The minimum absolute atomic E-state index is 0.186. The molecule has 0 spiro atoms. The van der Waals surface area contributed by atoms with E-state index in [1.807, 2.05) is 6.08 Å². The number of nitrogens with one attached hydrogen (secondary N) is 1. The normalized spacial score (nSPS) is 18.5.